The molecule has 1 aromatic heterocycles. The predicted octanol–water partition coefficient (Wildman–Crippen LogP) is 2.75. The van der Waals surface area contributed by atoms with Gasteiger partial charge in [-0.2, -0.15) is 5.10 Å². The van der Waals surface area contributed by atoms with Crippen LogP contribution in [0.5, 0.6) is 0 Å². The molecule has 6 nitrogen and oxygen atoms in total. The Hall–Kier alpha value is -2.25. The number of ether oxygens (including phenoxy) is 1. The molecule has 0 unspecified atom stereocenters. The highest BCUT2D eigenvalue weighted by atomic mass is 19.1. The second-order valence-electron chi connectivity index (χ2n) is 7.87. The Morgan fingerprint density at radius 1 is 1.17 bits per heavy atom. The highest BCUT2D eigenvalue weighted by molar-refractivity contribution is 5.94. The number of nitrogens with one attached hydrogen (secondary N) is 1. The highest BCUT2D eigenvalue weighted by Crippen LogP contribution is 2.22. The number of fused-ring (bicyclic) bond motifs is 1. The number of carbonyl (C=O) groups excluding carboxylic acids is 1. The number of carbonyl (C=O) groups is 1. The van der Waals surface area contributed by atoms with Gasteiger partial charge in [0.1, 0.15) is 5.82 Å². The monoisotopic (exact) mass is 400 g/mol. The normalized spacial score (nSPS) is 17.1. The molecule has 1 amide bonds. The van der Waals surface area contributed by atoms with Crippen LogP contribution in [0.4, 0.5) is 4.39 Å². The number of nitrogens with zero attached hydrogens (tertiary/aromatic N) is 3. The highest BCUT2D eigenvalue weighted by Gasteiger charge is 2.25. The lowest BCUT2D eigenvalue weighted by molar-refractivity contribution is 0.0923. The van der Waals surface area contributed by atoms with E-state index < -0.39 is 0 Å². The van der Waals surface area contributed by atoms with Gasteiger partial charge < -0.3 is 15.0 Å². The number of benzene rings is 1. The summed E-state index contributed by atoms with van der Waals surface area (Å²) >= 11 is 0. The van der Waals surface area contributed by atoms with Gasteiger partial charge in [0, 0.05) is 24.2 Å². The number of aromatic nitrogens is 2. The molecule has 2 aliphatic heterocycles. The zero-order valence-corrected chi connectivity index (χ0v) is 16.8. The van der Waals surface area contributed by atoms with Gasteiger partial charge in [-0.25, -0.2) is 4.39 Å². The molecule has 3 heterocycles. The number of hydrogen-bond donors (Lipinski definition) is 1. The van der Waals surface area contributed by atoms with Crippen molar-refractivity contribution in [3.63, 3.8) is 0 Å². The summed E-state index contributed by atoms with van der Waals surface area (Å²) in [6.07, 6.45) is 5.57. The molecule has 0 atom stereocenters. The molecule has 4 rings (SSSR count). The number of rotatable bonds is 7. The van der Waals surface area contributed by atoms with Crippen molar-refractivity contribution < 1.29 is 13.9 Å². The van der Waals surface area contributed by atoms with Crippen LogP contribution in [0.25, 0.3) is 0 Å². The van der Waals surface area contributed by atoms with Crippen LogP contribution in [0.3, 0.4) is 0 Å². The fourth-order valence-corrected chi connectivity index (χ4v) is 4.16. The zero-order chi connectivity index (χ0) is 20.1. The third-order valence-corrected chi connectivity index (χ3v) is 5.74. The van der Waals surface area contributed by atoms with E-state index in [0.717, 1.165) is 36.2 Å². The lowest BCUT2D eigenvalue weighted by atomic mass is 10.1. The number of piperidine rings is 1. The molecule has 0 spiro atoms. The molecule has 7 heteroatoms. The number of likely N-dealkylation sites (tertiary alicyclic amines) is 1. The number of amides is 1. The first-order valence-electron chi connectivity index (χ1n) is 10.6. The Morgan fingerprint density at radius 2 is 1.97 bits per heavy atom. The topological polar surface area (TPSA) is 59.4 Å². The van der Waals surface area contributed by atoms with Crippen molar-refractivity contribution in [3.05, 3.63) is 52.6 Å². The molecule has 29 heavy (non-hydrogen) atoms. The first kappa shape index (κ1) is 20.0. The standard InChI is InChI=1S/C22H29FN4O2/c23-18-7-5-17(6-8-18)15-27-20-9-14-29-16-19(20)21(25-27)22(28)24-10-4-13-26-11-2-1-3-12-26/h5-8H,1-4,9-16H2,(H,24,28). The van der Waals surface area contributed by atoms with Crippen molar-refractivity contribution in [3.8, 4) is 0 Å². The average Bonchev–Trinajstić information content (AvgIpc) is 3.12. The van der Waals surface area contributed by atoms with Gasteiger partial charge in [-0.1, -0.05) is 18.6 Å². The van der Waals surface area contributed by atoms with Gasteiger partial charge in [-0.3, -0.25) is 9.48 Å². The van der Waals surface area contributed by atoms with Gasteiger partial charge in [-0.05, 0) is 56.6 Å². The van der Waals surface area contributed by atoms with Crippen molar-refractivity contribution >= 4 is 5.91 Å². The maximum Gasteiger partial charge on any atom is 0.272 e. The summed E-state index contributed by atoms with van der Waals surface area (Å²) in [5.74, 6) is -0.391. The van der Waals surface area contributed by atoms with Crippen LogP contribution in [0.15, 0.2) is 24.3 Å². The first-order chi connectivity index (χ1) is 14.2. The average molecular weight is 400 g/mol. The second-order valence-corrected chi connectivity index (χ2v) is 7.87. The van der Waals surface area contributed by atoms with Gasteiger partial charge in [0.2, 0.25) is 0 Å². The zero-order valence-electron chi connectivity index (χ0n) is 16.8. The third kappa shape index (κ3) is 5.03. The van der Waals surface area contributed by atoms with E-state index in [4.69, 9.17) is 4.74 Å². The largest absolute Gasteiger partial charge is 0.376 e. The molecule has 2 aromatic rings. The molecule has 1 fully saturated rings. The summed E-state index contributed by atoms with van der Waals surface area (Å²) in [7, 11) is 0. The van der Waals surface area contributed by atoms with Crippen LogP contribution in [-0.4, -0.2) is 53.4 Å². The third-order valence-electron chi connectivity index (χ3n) is 5.74. The Balaban J connectivity index is 1.39. The maximum atomic E-state index is 13.2. The molecule has 2 aliphatic rings. The number of halogens is 1. The molecule has 0 bridgehead atoms. The minimum absolute atomic E-state index is 0.136. The summed E-state index contributed by atoms with van der Waals surface area (Å²) < 4.78 is 20.6. The van der Waals surface area contributed by atoms with E-state index in [1.807, 2.05) is 4.68 Å². The molecular weight excluding hydrogens is 371 g/mol. The van der Waals surface area contributed by atoms with E-state index in [2.05, 4.69) is 15.3 Å². The van der Waals surface area contributed by atoms with E-state index in [9.17, 15) is 9.18 Å². The summed E-state index contributed by atoms with van der Waals surface area (Å²) in [5.41, 5.74) is 3.34. The van der Waals surface area contributed by atoms with Gasteiger partial charge >= 0.3 is 0 Å². The molecule has 1 aromatic carbocycles. The Morgan fingerprint density at radius 3 is 2.76 bits per heavy atom. The molecule has 1 saturated heterocycles. The van der Waals surface area contributed by atoms with Gasteiger partial charge in [0.05, 0.1) is 19.8 Å². The summed E-state index contributed by atoms with van der Waals surface area (Å²) in [6.45, 7) is 5.58. The van der Waals surface area contributed by atoms with Crippen molar-refractivity contribution in [2.45, 2.75) is 45.3 Å². The predicted molar refractivity (Wildman–Crippen MR) is 108 cm³/mol. The lowest BCUT2D eigenvalue weighted by Gasteiger charge is -2.26. The van der Waals surface area contributed by atoms with E-state index in [0.29, 0.717) is 32.0 Å². The van der Waals surface area contributed by atoms with E-state index >= 15 is 0 Å². The van der Waals surface area contributed by atoms with Crippen molar-refractivity contribution in [2.75, 3.05) is 32.8 Å². The summed E-state index contributed by atoms with van der Waals surface area (Å²) in [4.78, 5) is 15.2. The van der Waals surface area contributed by atoms with Crippen LogP contribution in [-0.2, 0) is 24.3 Å². The van der Waals surface area contributed by atoms with Crippen LogP contribution in [0.2, 0.25) is 0 Å². The van der Waals surface area contributed by atoms with Crippen molar-refractivity contribution in [1.29, 1.82) is 0 Å². The van der Waals surface area contributed by atoms with Crippen molar-refractivity contribution in [1.82, 2.24) is 20.0 Å². The maximum absolute atomic E-state index is 13.2. The van der Waals surface area contributed by atoms with E-state index in [-0.39, 0.29) is 11.7 Å². The lowest BCUT2D eigenvalue weighted by Crippen LogP contribution is -2.33. The van der Waals surface area contributed by atoms with Crippen LogP contribution < -0.4 is 5.32 Å². The van der Waals surface area contributed by atoms with Crippen LogP contribution >= 0.6 is 0 Å². The summed E-state index contributed by atoms with van der Waals surface area (Å²) in [6, 6.07) is 6.40. The molecular formula is C22H29FN4O2. The summed E-state index contributed by atoms with van der Waals surface area (Å²) in [5, 5.41) is 7.63. The van der Waals surface area contributed by atoms with Crippen LogP contribution in [0.1, 0.15) is 53.0 Å². The molecule has 0 radical (unpaired) electrons. The molecule has 1 N–H and O–H groups in total. The fourth-order valence-electron chi connectivity index (χ4n) is 4.16. The van der Waals surface area contributed by atoms with Crippen molar-refractivity contribution in [2.24, 2.45) is 0 Å². The first-order valence-corrected chi connectivity index (χ1v) is 10.6. The molecule has 0 aliphatic carbocycles. The van der Waals surface area contributed by atoms with Gasteiger partial charge in [0.15, 0.2) is 5.69 Å². The second kappa shape index (κ2) is 9.50. The fraction of sp³-hybridized carbons (Fsp3) is 0.545. The quantitative estimate of drug-likeness (QED) is 0.726. The van der Waals surface area contributed by atoms with Gasteiger partial charge in [0.25, 0.3) is 5.91 Å². The number of hydrogen-bond acceptors (Lipinski definition) is 4. The van der Waals surface area contributed by atoms with Crippen LogP contribution in [0, 0.1) is 5.82 Å². The van der Waals surface area contributed by atoms with E-state index in [1.54, 1.807) is 12.1 Å². The molecule has 0 saturated carbocycles. The Labute approximate surface area is 171 Å². The van der Waals surface area contributed by atoms with E-state index in [1.165, 1.54) is 44.5 Å². The van der Waals surface area contributed by atoms with Gasteiger partial charge in [-0.15, -0.1) is 0 Å². The minimum atomic E-state index is -0.255. The Kier molecular flexibility index (Phi) is 6.56. The Bertz CT molecular complexity index is 828. The molecule has 156 valence electrons. The smallest absolute Gasteiger partial charge is 0.272 e. The minimum Gasteiger partial charge on any atom is -0.376 e. The SMILES string of the molecule is O=C(NCCCN1CCCCC1)c1nn(Cc2ccc(F)cc2)c2c1COCC2.